The third-order valence-electron chi connectivity index (χ3n) is 5.91. The largest absolute Gasteiger partial charge is 0.480 e. The molecular weight excluding hydrogens is 559 g/mol. The van der Waals surface area contributed by atoms with Crippen molar-refractivity contribution in [2.24, 2.45) is 4.99 Å². The van der Waals surface area contributed by atoms with Crippen LogP contribution in [0.15, 0.2) is 50.5 Å². The number of aliphatic carboxylic acids is 1. The van der Waals surface area contributed by atoms with Crippen molar-refractivity contribution in [1.29, 1.82) is 0 Å². The summed E-state index contributed by atoms with van der Waals surface area (Å²) in [5, 5.41) is 15.7. The molecule has 8 nitrogen and oxygen atoms in total. The second-order valence-electron chi connectivity index (χ2n) is 8.17. The lowest BCUT2D eigenvalue weighted by Gasteiger charge is -2.42. The first-order valence-electron chi connectivity index (χ1n) is 10.9. The number of rotatable bonds is 7. The van der Waals surface area contributed by atoms with E-state index in [0.29, 0.717) is 38.9 Å². The quantitative estimate of drug-likeness (QED) is 0.474. The lowest BCUT2D eigenvalue weighted by molar-refractivity contribution is -0.148. The molecule has 1 unspecified atom stereocenters. The van der Waals surface area contributed by atoms with Crippen LogP contribution in [0.3, 0.4) is 0 Å². The Labute approximate surface area is 218 Å². The summed E-state index contributed by atoms with van der Waals surface area (Å²) >= 11 is 6.38. The molecule has 35 heavy (non-hydrogen) atoms. The molecule has 12 heteroatoms. The molecule has 4 rings (SSSR count). The van der Waals surface area contributed by atoms with Crippen LogP contribution < -0.4 is 5.32 Å². The van der Waals surface area contributed by atoms with Gasteiger partial charge in [-0.25, -0.2) is 14.2 Å². The van der Waals surface area contributed by atoms with Crippen molar-refractivity contribution in [2.45, 2.75) is 25.4 Å². The second kappa shape index (κ2) is 10.8. The molecule has 0 saturated carbocycles. The minimum Gasteiger partial charge on any atom is -0.480 e. The van der Waals surface area contributed by atoms with E-state index in [0.717, 1.165) is 5.75 Å². The zero-order valence-electron chi connectivity index (χ0n) is 19.1. The number of carboxylic acids is 1. The predicted octanol–water partition coefficient (Wildman–Crippen LogP) is 3.85. The Kier molecular flexibility index (Phi) is 7.94. The number of amidine groups is 1. The van der Waals surface area contributed by atoms with Gasteiger partial charge >= 0.3 is 11.9 Å². The van der Waals surface area contributed by atoms with Crippen LogP contribution in [-0.4, -0.2) is 69.5 Å². The summed E-state index contributed by atoms with van der Waals surface area (Å²) in [5.74, 6) is -0.279. The highest BCUT2D eigenvalue weighted by molar-refractivity contribution is 9.10. The Morgan fingerprint density at radius 2 is 2.23 bits per heavy atom. The van der Waals surface area contributed by atoms with Crippen molar-refractivity contribution < 1.29 is 23.8 Å². The SMILES string of the molecule is CCOC(=O)C1=C(CN2CCSCC2(C)C(=O)O)NC(c2nccs2)=N[C@H]1c1ccc(F)cc1Br. The van der Waals surface area contributed by atoms with Crippen LogP contribution in [0.4, 0.5) is 4.39 Å². The molecule has 2 aromatic rings. The molecule has 0 radical (unpaired) electrons. The van der Waals surface area contributed by atoms with Gasteiger partial charge in [-0.2, -0.15) is 11.8 Å². The number of hydrogen-bond donors (Lipinski definition) is 2. The van der Waals surface area contributed by atoms with E-state index < -0.39 is 29.3 Å². The number of benzene rings is 1. The van der Waals surface area contributed by atoms with E-state index in [1.807, 2.05) is 10.3 Å². The van der Waals surface area contributed by atoms with E-state index in [2.05, 4.69) is 26.2 Å². The smallest absolute Gasteiger partial charge is 0.338 e. The van der Waals surface area contributed by atoms with Crippen molar-refractivity contribution in [2.75, 3.05) is 31.2 Å². The third kappa shape index (κ3) is 5.30. The Morgan fingerprint density at radius 3 is 2.89 bits per heavy atom. The fourth-order valence-corrected chi connectivity index (χ4v) is 6.34. The molecular formula is C23H24BrFN4O4S2. The predicted molar refractivity (Wildman–Crippen MR) is 137 cm³/mol. The van der Waals surface area contributed by atoms with Gasteiger partial charge in [-0.1, -0.05) is 22.0 Å². The highest BCUT2D eigenvalue weighted by Gasteiger charge is 2.43. The van der Waals surface area contributed by atoms with Crippen LogP contribution in [0.5, 0.6) is 0 Å². The molecule has 1 aromatic carbocycles. The van der Waals surface area contributed by atoms with Crippen molar-refractivity contribution in [3.63, 3.8) is 0 Å². The van der Waals surface area contributed by atoms with Crippen LogP contribution in [0.2, 0.25) is 0 Å². The number of carbonyl (C=O) groups excluding carboxylic acids is 1. The molecule has 2 aliphatic rings. The summed E-state index contributed by atoms with van der Waals surface area (Å²) in [4.78, 5) is 36.5. The standard InChI is InChI=1S/C23H24BrFN4O4S2/c1-3-33-21(30)17-16(11-29-7-9-34-12-23(29,2)22(31)32)27-19(20-26-6-8-35-20)28-18(17)14-5-4-13(25)10-15(14)24/h4-6,8,10,18H,3,7,9,11-12H2,1-2H3,(H,27,28)(H,31,32)/t18-,23?/m0/s1. The number of thiazole rings is 1. The van der Waals surface area contributed by atoms with Crippen molar-refractivity contribution in [3.05, 3.63) is 61.9 Å². The number of thioether (sulfide) groups is 1. The summed E-state index contributed by atoms with van der Waals surface area (Å²) in [6, 6.07) is 3.40. The average molecular weight is 584 g/mol. The van der Waals surface area contributed by atoms with E-state index in [4.69, 9.17) is 9.73 Å². The molecule has 2 N–H and O–H groups in total. The molecule has 0 aliphatic carbocycles. The van der Waals surface area contributed by atoms with Gasteiger partial charge in [0.25, 0.3) is 0 Å². The zero-order chi connectivity index (χ0) is 25.2. The molecule has 0 amide bonds. The van der Waals surface area contributed by atoms with Gasteiger partial charge < -0.3 is 15.2 Å². The number of esters is 1. The summed E-state index contributed by atoms with van der Waals surface area (Å²) in [6.45, 7) is 4.26. The molecule has 2 atom stereocenters. The Hall–Kier alpha value is -2.28. The third-order valence-corrected chi connectivity index (χ3v) is 8.61. The van der Waals surface area contributed by atoms with Gasteiger partial charge in [0, 0.05) is 46.3 Å². The van der Waals surface area contributed by atoms with E-state index in [1.54, 1.807) is 37.9 Å². The van der Waals surface area contributed by atoms with Gasteiger partial charge in [-0.05, 0) is 31.5 Å². The van der Waals surface area contributed by atoms with Gasteiger partial charge in [-0.3, -0.25) is 14.7 Å². The summed E-state index contributed by atoms with van der Waals surface area (Å²) in [6.07, 6.45) is 1.65. The minimum absolute atomic E-state index is 0.156. The number of ether oxygens (including phenoxy) is 1. The highest BCUT2D eigenvalue weighted by atomic mass is 79.9. The summed E-state index contributed by atoms with van der Waals surface area (Å²) in [7, 11) is 0. The van der Waals surface area contributed by atoms with Gasteiger partial charge in [-0.15, -0.1) is 11.3 Å². The van der Waals surface area contributed by atoms with E-state index >= 15 is 0 Å². The molecule has 3 heterocycles. The molecule has 186 valence electrons. The van der Waals surface area contributed by atoms with Crippen LogP contribution >= 0.6 is 39.0 Å². The number of carbonyl (C=O) groups is 2. The number of nitrogens with one attached hydrogen (secondary N) is 1. The van der Waals surface area contributed by atoms with Gasteiger partial charge in [0.2, 0.25) is 0 Å². The first-order chi connectivity index (χ1) is 16.7. The number of aromatic nitrogens is 1. The van der Waals surface area contributed by atoms with E-state index in [9.17, 15) is 19.1 Å². The Morgan fingerprint density at radius 1 is 1.43 bits per heavy atom. The molecule has 0 spiro atoms. The van der Waals surface area contributed by atoms with Crippen molar-refractivity contribution in [3.8, 4) is 0 Å². The Bertz CT molecular complexity index is 1190. The Balaban J connectivity index is 1.86. The van der Waals surface area contributed by atoms with Crippen LogP contribution in [-0.2, 0) is 14.3 Å². The van der Waals surface area contributed by atoms with Crippen LogP contribution in [0.1, 0.15) is 30.5 Å². The lowest BCUT2D eigenvalue weighted by Crippen LogP contribution is -2.59. The first kappa shape index (κ1) is 25.8. The molecule has 1 aromatic heterocycles. The van der Waals surface area contributed by atoms with Gasteiger partial charge in [0.05, 0.1) is 12.2 Å². The minimum atomic E-state index is -1.11. The molecule has 1 saturated heterocycles. The monoisotopic (exact) mass is 582 g/mol. The first-order valence-corrected chi connectivity index (χ1v) is 13.7. The molecule has 1 fully saturated rings. The maximum atomic E-state index is 13.9. The number of hydrogen-bond acceptors (Lipinski definition) is 9. The molecule has 0 bridgehead atoms. The van der Waals surface area contributed by atoms with Crippen LogP contribution in [0, 0.1) is 5.82 Å². The average Bonchev–Trinajstić information content (AvgIpc) is 3.35. The lowest BCUT2D eigenvalue weighted by atomic mass is 9.94. The van der Waals surface area contributed by atoms with Gasteiger partial charge in [0.1, 0.15) is 17.4 Å². The van der Waals surface area contributed by atoms with Gasteiger partial charge in [0.15, 0.2) is 10.8 Å². The number of halogens is 2. The van der Waals surface area contributed by atoms with E-state index in [-0.39, 0.29) is 18.7 Å². The number of nitrogens with zero attached hydrogens (tertiary/aromatic N) is 3. The van der Waals surface area contributed by atoms with E-state index in [1.165, 1.54) is 23.5 Å². The maximum absolute atomic E-state index is 13.9. The maximum Gasteiger partial charge on any atom is 0.338 e. The topological polar surface area (TPSA) is 104 Å². The number of aliphatic imine (C=N–C) groups is 1. The fourth-order valence-electron chi connectivity index (χ4n) is 3.99. The second-order valence-corrected chi connectivity index (χ2v) is 11.0. The van der Waals surface area contributed by atoms with Crippen molar-refractivity contribution in [1.82, 2.24) is 15.2 Å². The van der Waals surface area contributed by atoms with Crippen molar-refractivity contribution >= 4 is 56.8 Å². The summed E-state index contributed by atoms with van der Waals surface area (Å²) < 4.78 is 19.7. The molecule has 2 aliphatic heterocycles. The normalized spacial score (nSPS) is 23.0. The highest BCUT2D eigenvalue weighted by Crippen LogP contribution is 2.38. The fraction of sp³-hybridized carbons (Fsp3) is 0.391. The van der Waals surface area contributed by atoms with Crippen LogP contribution in [0.25, 0.3) is 0 Å². The zero-order valence-corrected chi connectivity index (χ0v) is 22.3. The number of carboxylic acid groups (broad SMARTS) is 1. The summed E-state index contributed by atoms with van der Waals surface area (Å²) in [5.41, 5.74) is 0.214.